The van der Waals surface area contributed by atoms with Gasteiger partial charge < -0.3 is 5.11 Å². The van der Waals surface area contributed by atoms with Crippen LogP contribution in [0.1, 0.15) is 6.92 Å². The van der Waals surface area contributed by atoms with Crippen molar-refractivity contribution >= 4 is 0 Å². The number of hydrogen-bond acceptors (Lipinski definition) is 3. The van der Waals surface area contributed by atoms with E-state index < -0.39 is 5.60 Å². The standard InChI is InChI=1S/C4H8N6O/c1-4(11,2-7-9-5)3-8-10-6/h11H,2-3H2,1H3. The Labute approximate surface area is 62.9 Å². The predicted molar refractivity (Wildman–Crippen MR) is 38.6 cm³/mol. The van der Waals surface area contributed by atoms with Gasteiger partial charge in [0.15, 0.2) is 0 Å². The first kappa shape index (κ1) is 9.58. The Morgan fingerprint density at radius 2 is 1.64 bits per heavy atom. The van der Waals surface area contributed by atoms with E-state index in [1.165, 1.54) is 6.92 Å². The van der Waals surface area contributed by atoms with Crippen LogP contribution >= 0.6 is 0 Å². The van der Waals surface area contributed by atoms with Crippen LogP contribution < -0.4 is 0 Å². The van der Waals surface area contributed by atoms with E-state index in [4.69, 9.17) is 11.1 Å². The first-order valence-electron chi connectivity index (χ1n) is 2.86. The van der Waals surface area contributed by atoms with Crippen LogP contribution in [0.25, 0.3) is 20.9 Å². The van der Waals surface area contributed by atoms with Gasteiger partial charge in [-0.1, -0.05) is 10.2 Å². The molecule has 0 aromatic carbocycles. The van der Waals surface area contributed by atoms with Crippen molar-refractivity contribution in [2.24, 2.45) is 10.2 Å². The lowest BCUT2D eigenvalue weighted by Gasteiger charge is -2.16. The van der Waals surface area contributed by atoms with Gasteiger partial charge in [-0.3, -0.25) is 0 Å². The predicted octanol–water partition coefficient (Wildman–Crippen LogP) is 1.36. The second-order valence-electron chi connectivity index (χ2n) is 2.27. The molecule has 7 heteroatoms. The number of rotatable bonds is 4. The molecule has 0 aromatic rings. The zero-order valence-electron chi connectivity index (χ0n) is 6.04. The van der Waals surface area contributed by atoms with Gasteiger partial charge in [0, 0.05) is 9.82 Å². The van der Waals surface area contributed by atoms with Crippen molar-refractivity contribution < 1.29 is 5.11 Å². The molecule has 0 saturated heterocycles. The quantitative estimate of drug-likeness (QED) is 0.369. The van der Waals surface area contributed by atoms with Crippen molar-refractivity contribution in [1.82, 2.24) is 0 Å². The van der Waals surface area contributed by atoms with E-state index in [2.05, 4.69) is 20.1 Å². The molecule has 0 saturated carbocycles. The smallest absolute Gasteiger partial charge is 0.0732 e. The van der Waals surface area contributed by atoms with Gasteiger partial charge in [0.1, 0.15) is 0 Å². The third-order valence-corrected chi connectivity index (χ3v) is 0.949. The summed E-state index contributed by atoms with van der Waals surface area (Å²) in [6.07, 6.45) is 0. The van der Waals surface area contributed by atoms with E-state index in [0.29, 0.717) is 0 Å². The Bertz CT molecular complexity index is 189. The minimum Gasteiger partial charge on any atom is -0.390 e. The summed E-state index contributed by atoms with van der Waals surface area (Å²) in [6.45, 7) is 1.24. The SMILES string of the molecule is CC(O)(CN=[N+]=[N-])CN=[N+]=[N-]. The molecule has 1 N–H and O–H groups in total. The Hall–Kier alpha value is -1.42. The Kier molecular flexibility index (Phi) is 3.84. The number of azide groups is 2. The first-order valence-corrected chi connectivity index (χ1v) is 2.86. The van der Waals surface area contributed by atoms with Gasteiger partial charge in [-0.2, -0.15) is 0 Å². The molecule has 0 aromatic heterocycles. The highest BCUT2D eigenvalue weighted by atomic mass is 16.3. The largest absolute Gasteiger partial charge is 0.390 e. The Morgan fingerprint density at radius 1 is 1.27 bits per heavy atom. The van der Waals surface area contributed by atoms with Gasteiger partial charge in [0.05, 0.1) is 18.7 Å². The average molecular weight is 156 g/mol. The Balaban J connectivity index is 3.98. The lowest BCUT2D eigenvalue weighted by molar-refractivity contribution is 0.0786. The molecule has 0 aliphatic carbocycles. The topological polar surface area (TPSA) is 118 Å². The van der Waals surface area contributed by atoms with E-state index in [1.807, 2.05) is 0 Å². The summed E-state index contributed by atoms with van der Waals surface area (Å²) in [5, 5.41) is 15.5. The molecule has 0 unspecified atom stereocenters. The molecule has 7 nitrogen and oxygen atoms in total. The van der Waals surface area contributed by atoms with Crippen LogP contribution in [-0.2, 0) is 0 Å². The van der Waals surface area contributed by atoms with Crippen LogP contribution in [0.4, 0.5) is 0 Å². The van der Waals surface area contributed by atoms with Crippen LogP contribution in [-0.4, -0.2) is 23.8 Å². The van der Waals surface area contributed by atoms with Crippen molar-refractivity contribution in [2.45, 2.75) is 12.5 Å². The lowest BCUT2D eigenvalue weighted by Crippen LogP contribution is -2.31. The second kappa shape index (κ2) is 4.40. The molecule has 0 radical (unpaired) electrons. The van der Waals surface area contributed by atoms with E-state index >= 15 is 0 Å². The first-order chi connectivity index (χ1) is 5.12. The summed E-state index contributed by atoms with van der Waals surface area (Å²) in [5.74, 6) is 0. The van der Waals surface area contributed by atoms with Gasteiger partial charge >= 0.3 is 0 Å². The van der Waals surface area contributed by atoms with Crippen LogP contribution in [0.3, 0.4) is 0 Å². The zero-order valence-corrected chi connectivity index (χ0v) is 6.04. The summed E-state index contributed by atoms with van der Waals surface area (Å²) in [5.41, 5.74) is 14.6. The molecular formula is C4H8N6O. The maximum absolute atomic E-state index is 9.25. The highest BCUT2D eigenvalue weighted by Crippen LogP contribution is 2.04. The summed E-state index contributed by atoms with van der Waals surface area (Å²) in [4.78, 5) is 4.92. The normalized spacial score (nSPS) is 14.0. The third-order valence-electron chi connectivity index (χ3n) is 0.949. The molecule has 0 fully saturated rings. The molecule has 0 spiro atoms. The highest BCUT2D eigenvalue weighted by Gasteiger charge is 2.17. The molecule has 11 heavy (non-hydrogen) atoms. The van der Waals surface area contributed by atoms with Gasteiger partial charge in [-0.05, 0) is 18.0 Å². The second-order valence-corrected chi connectivity index (χ2v) is 2.27. The van der Waals surface area contributed by atoms with Gasteiger partial charge in [-0.25, -0.2) is 0 Å². The molecule has 0 aliphatic rings. The molecule has 60 valence electrons. The third kappa shape index (κ3) is 5.05. The van der Waals surface area contributed by atoms with E-state index in [-0.39, 0.29) is 13.1 Å². The highest BCUT2D eigenvalue weighted by molar-refractivity contribution is 4.78. The number of hydrogen-bond donors (Lipinski definition) is 1. The number of aliphatic hydroxyl groups is 1. The van der Waals surface area contributed by atoms with Gasteiger partial charge in [0.2, 0.25) is 0 Å². The minimum atomic E-state index is -1.24. The fourth-order valence-electron chi connectivity index (χ4n) is 0.418. The molecule has 0 aliphatic heterocycles. The molecule has 0 atom stereocenters. The lowest BCUT2D eigenvalue weighted by atomic mass is 10.1. The molecular weight excluding hydrogens is 148 g/mol. The van der Waals surface area contributed by atoms with Gasteiger partial charge in [-0.15, -0.1) is 0 Å². The molecule has 0 rings (SSSR count). The summed E-state index contributed by atoms with van der Waals surface area (Å²) in [6, 6.07) is 0. The van der Waals surface area contributed by atoms with Gasteiger partial charge in [0.25, 0.3) is 0 Å². The van der Waals surface area contributed by atoms with E-state index in [9.17, 15) is 5.11 Å². The monoisotopic (exact) mass is 156 g/mol. The van der Waals surface area contributed by atoms with Crippen molar-refractivity contribution in [3.05, 3.63) is 20.9 Å². The minimum absolute atomic E-state index is 0.0947. The fourth-order valence-corrected chi connectivity index (χ4v) is 0.418. The van der Waals surface area contributed by atoms with Crippen LogP contribution in [0.15, 0.2) is 10.2 Å². The maximum Gasteiger partial charge on any atom is 0.0732 e. The zero-order chi connectivity index (χ0) is 8.74. The summed E-state index contributed by atoms with van der Waals surface area (Å²) >= 11 is 0. The van der Waals surface area contributed by atoms with Crippen LogP contribution in [0, 0.1) is 0 Å². The van der Waals surface area contributed by atoms with Crippen LogP contribution in [0.2, 0.25) is 0 Å². The van der Waals surface area contributed by atoms with Crippen molar-refractivity contribution in [3.8, 4) is 0 Å². The summed E-state index contributed by atoms with van der Waals surface area (Å²) in [7, 11) is 0. The van der Waals surface area contributed by atoms with Crippen LogP contribution in [0.5, 0.6) is 0 Å². The number of nitrogens with zero attached hydrogens (tertiary/aromatic N) is 6. The average Bonchev–Trinajstić information content (AvgIpc) is 1.97. The Morgan fingerprint density at radius 3 is 1.91 bits per heavy atom. The fraction of sp³-hybridized carbons (Fsp3) is 1.00. The van der Waals surface area contributed by atoms with E-state index in [1.54, 1.807) is 0 Å². The molecule has 0 heterocycles. The summed E-state index contributed by atoms with van der Waals surface area (Å²) < 4.78 is 0. The van der Waals surface area contributed by atoms with Crippen molar-refractivity contribution in [2.75, 3.05) is 13.1 Å². The van der Waals surface area contributed by atoms with E-state index in [0.717, 1.165) is 0 Å². The maximum atomic E-state index is 9.25. The van der Waals surface area contributed by atoms with Crippen molar-refractivity contribution in [3.63, 3.8) is 0 Å². The molecule has 0 amide bonds. The van der Waals surface area contributed by atoms with Crippen molar-refractivity contribution in [1.29, 1.82) is 0 Å². The molecule has 0 bridgehead atoms.